The van der Waals surface area contributed by atoms with Crippen LogP contribution in [0.25, 0.3) is 11.0 Å². The van der Waals surface area contributed by atoms with Gasteiger partial charge < -0.3 is 9.80 Å². The van der Waals surface area contributed by atoms with Gasteiger partial charge in [-0.1, -0.05) is 12.1 Å². The third kappa shape index (κ3) is 2.03. The topological polar surface area (TPSA) is 49.3 Å². The summed E-state index contributed by atoms with van der Waals surface area (Å²) in [6.07, 6.45) is 4.84. The number of rotatable bonds is 1. The normalized spacial score (nSPS) is 25.4. The number of piperidine rings is 1. The number of carbonyl (C=O) groups is 1. The summed E-state index contributed by atoms with van der Waals surface area (Å²) in [4.78, 5) is 25.9. The minimum absolute atomic E-state index is 0.208. The zero-order valence-corrected chi connectivity index (χ0v) is 12.8. The summed E-state index contributed by atoms with van der Waals surface area (Å²) in [7, 11) is 1.92. The predicted molar refractivity (Wildman–Crippen MR) is 85.7 cm³/mol. The number of amides is 1. The molecule has 1 aromatic carbocycles. The molecule has 114 valence electrons. The fourth-order valence-corrected chi connectivity index (χ4v) is 3.81. The second-order valence-corrected chi connectivity index (χ2v) is 6.50. The average molecular weight is 296 g/mol. The summed E-state index contributed by atoms with van der Waals surface area (Å²) in [5.41, 5.74) is 1.61. The molecule has 0 saturated carbocycles. The molecule has 1 spiro atoms. The monoisotopic (exact) mass is 296 g/mol. The van der Waals surface area contributed by atoms with E-state index < -0.39 is 0 Å². The molecule has 1 aromatic heterocycles. The van der Waals surface area contributed by atoms with Crippen molar-refractivity contribution in [3.63, 3.8) is 0 Å². The predicted octanol–water partition coefficient (Wildman–Crippen LogP) is 2.08. The fraction of sp³-hybridized carbons (Fsp3) is 0.471. The fourth-order valence-electron chi connectivity index (χ4n) is 3.81. The van der Waals surface area contributed by atoms with Crippen molar-refractivity contribution in [1.29, 1.82) is 0 Å². The summed E-state index contributed by atoms with van der Waals surface area (Å²) in [5.74, 6) is 1.19. The number of aromatic nitrogens is 2. The van der Waals surface area contributed by atoms with Crippen LogP contribution >= 0.6 is 0 Å². The molecule has 0 bridgehead atoms. The van der Waals surface area contributed by atoms with Crippen molar-refractivity contribution in [1.82, 2.24) is 14.9 Å². The quantitative estimate of drug-likeness (QED) is 0.808. The van der Waals surface area contributed by atoms with Crippen molar-refractivity contribution in [3.8, 4) is 0 Å². The van der Waals surface area contributed by atoms with Gasteiger partial charge in [0.1, 0.15) is 5.82 Å². The lowest BCUT2D eigenvalue weighted by atomic mass is 9.78. The second kappa shape index (κ2) is 4.93. The molecule has 1 atom stereocenters. The van der Waals surface area contributed by atoms with Crippen LogP contribution < -0.4 is 4.90 Å². The number of fused-ring (bicyclic) bond motifs is 1. The molecule has 5 nitrogen and oxygen atoms in total. The molecule has 5 heteroatoms. The van der Waals surface area contributed by atoms with Crippen LogP contribution in [0.5, 0.6) is 0 Å². The van der Waals surface area contributed by atoms with Gasteiger partial charge in [-0.2, -0.15) is 0 Å². The lowest BCUT2D eigenvalue weighted by Crippen LogP contribution is -2.48. The highest BCUT2D eigenvalue weighted by Crippen LogP contribution is 2.40. The molecule has 0 N–H and O–H groups in total. The molecule has 2 saturated heterocycles. The van der Waals surface area contributed by atoms with E-state index in [1.165, 1.54) is 0 Å². The Kier molecular flexibility index (Phi) is 3.03. The number of anilines is 1. The molecule has 1 amide bonds. The van der Waals surface area contributed by atoms with E-state index in [4.69, 9.17) is 4.98 Å². The van der Waals surface area contributed by atoms with Crippen molar-refractivity contribution >= 4 is 22.8 Å². The third-order valence-corrected chi connectivity index (χ3v) is 5.06. The SMILES string of the molecule is CN1CCC[C@@]2(CCN(c3cnc4ccccc4n3)C2)C1=O. The van der Waals surface area contributed by atoms with Crippen molar-refractivity contribution in [2.75, 3.05) is 31.6 Å². The van der Waals surface area contributed by atoms with Gasteiger partial charge in [0.15, 0.2) is 0 Å². The Morgan fingerprint density at radius 2 is 1.95 bits per heavy atom. The zero-order valence-electron chi connectivity index (χ0n) is 12.8. The summed E-state index contributed by atoms with van der Waals surface area (Å²) in [6, 6.07) is 7.90. The van der Waals surface area contributed by atoms with Crippen LogP contribution in [0.15, 0.2) is 30.5 Å². The van der Waals surface area contributed by atoms with Crippen LogP contribution in [-0.4, -0.2) is 47.5 Å². The Labute approximate surface area is 130 Å². The van der Waals surface area contributed by atoms with E-state index in [2.05, 4.69) is 9.88 Å². The average Bonchev–Trinajstić information content (AvgIpc) is 2.97. The Morgan fingerprint density at radius 1 is 1.14 bits per heavy atom. The van der Waals surface area contributed by atoms with Crippen molar-refractivity contribution in [2.45, 2.75) is 19.3 Å². The van der Waals surface area contributed by atoms with Gasteiger partial charge in [-0.3, -0.25) is 9.78 Å². The van der Waals surface area contributed by atoms with Gasteiger partial charge in [0.25, 0.3) is 0 Å². The molecular formula is C17H20N4O. The van der Waals surface area contributed by atoms with Gasteiger partial charge in [-0.25, -0.2) is 4.98 Å². The van der Waals surface area contributed by atoms with E-state index in [0.717, 1.165) is 55.7 Å². The van der Waals surface area contributed by atoms with E-state index in [0.29, 0.717) is 5.91 Å². The van der Waals surface area contributed by atoms with Crippen LogP contribution in [-0.2, 0) is 4.79 Å². The molecule has 2 aliphatic rings. The number of carbonyl (C=O) groups excluding carboxylic acids is 1. The summed E-state index contributed by atoms with van der Waals surface area (Å²) in [5, 5.41) is 0. The molecule has 2 aliphatic heterocycles. The first kappa shape index (κ1) is 13.5. The van der Waals surface area contributed by atoms with Gasteiger partial charge in [-0.15, -0.1) is 0 Å². The number of likely N-dealkylation sites (tertiary alicyclic amines) is 1. The summed E-state index contributed by atoms with van der Waals surface area (Å²) >= 11 is 0. The number of hydrogen-bond donors (Lipinski definition) is 0. The van der Waals surface area contributed by atoms with Crippen LogP contribution in [0, 0.1) is 5.41 Å². The first-order chi connectivity index (χ1) is 10.7. The van der Waals surface area contributed by atoms with Gasteiger partial charge in [-0.05, 0) is 31.4 Å². The lowest BCUT2D eigenvalue weighted by molar-refractivity contribution is -0.143. The van der Waals surface area contributed by atoms with Gasteiger partial charge in [0.05, 0.1) is 22.6 Å². The highest BCUT2D eigenvalue weighted by Gasteiger charge is 2.47. The minimum Gasteiger partial charge on any atom is -0.354 e. The van der Waals surface area contributed by atoms with E-state index in [1.807, 2.05) is 42.4 Å². The summed E-state index contributed by atoms with van der Waals surface area (Å²) < 4.78 is 0. The van der Waals surface area contributed by atoms with Crippen molar-refractivity contribution < 1.29 is 4.79 Å². The van der Waals surface area contributed by atoms with Crippen molar-refractivity contribution in [2.24, 2.45) is 5.41 Å². The Morgan fingerprint density at radius 3 is 2.82 bits per heavy atom. The molecular weight excluding hydrogens is 276 g/mol. The smallest absolute Gasteiger partial charge is 0.230 e. The number of benzene rings is 1. The molecule has 2 aromatic rings. The van der Waals surface area contributed by atoms with Crippen LogP contribution in [0.4, 0.5) is 5.82 Å². The maximum absolute atomic E-state index is 12.6. The van der Waals surface area contributed by atoms with Crippen LogP contribution in [0.3, 0.4) is 0 Å². The highest BCUT2D eigenvalue weighted by atomic mass is 16.2. The Hall–Kier alpha value is -2.17. The van der Waals surface area contributed by atoms with Crippen LogP contribution in [0.2, 0.25) is 0 Å². The largest absolute Gasteiger partial charge is 0.354 e. The molecule has 3 heterocycles. The standard InChI is InChI=1S/C17H20N4O/c1-20-9-4-7-17(16(20)22)8-10-21(12-17)15-11-18-13-5-2-3-6-14(13)19-15/h2-3,5-6,11H,4,7-10,12H2,1H3/t17-/m0/s1. The van der Waals surface area contributed by atoms with E-state index >= 15 is 0 Å². The Bertz CT molecular complexity index is 731. The molecule has 2 fully saturated rings. The van der Waals surface area contributed by atoms with E-state index in [9.17, 15) is 4.79 Å². The molecule has 0 unspecified atom stereocenters. The highest BCUT2D eigenvalue weighted by molar-refractivity contribution is 5.85. The maximum atomic E-state index is 12.6. The molecule has 22 heavy (non-hydrogen) atoms. The third-order valence-electron chi connectivity index (χ3n) is 5.06. The number of para-hydroxylation sites is 2. The lowest BCUT2D eigenvalue weighted by Gasteiger charge is -2.37. The van der Waals surface area contributed by atoms with Gasteiger partial charge >= 0.3 is 0 Å². The second-order valence-electron chi connectivity index (χ2n) is 6.50. The molecule has 0 radical (unpaired) electrons. The van der Waals surface area contributed by atoms with Crippen LogP contribution in [0.1, 0.15) is 19.3 Å². The molecule has 0 aliphatic carbocycles. The van der Waals surface area contributed by atoms with Gasteiger partial charge in [0.2, 0.25) is 5.91 Å². The first-order valence-corrected chi connectivity index (χ1v) is 7.90. The van der Waals surface area contributed by atoms with Gasteiger partial charge in [0, 0.05) is 26.7 Å². The number of nitrogens with zero attached hydrogens (tertiary/aromatic N) is 4. The molecule has 4 rings (SSSR count). The first-order valence-electron chi connectivity index (χ1n) is 7.90. The number of hydrogen-bond acceptors (Lipinski definition) is 4. The van der Waals surface area contributed by atoms with Crippen molar-refractivity contribution in [3.05, 3.63) is 30.5 Å². The zero-order chi connectivity index (χ0) is 15.2. The Balaban J connectivity index is 1.62. The van der Waals surface area contributed by atoms with E-state index in [1.54, 1.807) is 0 Å². The summed E-state index contributed by atoms with van der Waals surface area (Å²) in [6.45, 7) is 2.53. The maximum Gasteiger partial charge on any atom is 0.230 e. The van der Waals surface area contributed by atoms with E-state index in [-0.39, 0.29) is 5.41 Å². The minimum atomic E-state index is -0.208.